The van der Waals surface area contributed by atoms with E-state index in [2.05, 4.69) is 44.0 Å². The first kappa shape index (κ1) is 15.0. The van der Waals surface area contributed by atoms with Crippen LogP contribution in [0.5, 0.6) is 0 Å². The fraction of sp³-hybridized carbons (Fsp3) is 0.0526. The lowest BCUT2D eigenvalue weighted by atomic mass is 10.1. The van der Waals surface area contributed by atoms with Crippen molar-refractivity contribution in [1.29, 1.82) is 0 Å². The van der Waals surface area contributed by atoms with Crippen LogP contribution in [0.15, 0.2) is 71.6 Å². The van der Waals surface area contributed by atoms with Crippen molar-refractivity contribution in [1.82, 2.24) is 19.8 Å². The summed E-state index contributed by atoms with van der Waals surface area (Å²) < 4.78 is 1.65. The van der Waals surface area contributed by atoms with Crippen molar-refractivity contribution in [2.45, 2.75) is 6.92 Å². The summed E-state index contributed by atoms with van der Waals surface area (Å²) in [7, 11) is 0. The van der Waals surface area contributed by atoms with Gasteiger partial charge >= 0.3 is 0 Å². The highest BCUT2D eigenvalue weighted by molar-refractivity contribution is 6.00. The van der Waals surface area contributed by atoms with Crippen molar-refractivity contribution in [2.24, 2.45) is 5.10 Å². The third-order valence-corrected chi connectivity index (χ3v) is 3.79. The van der Waals surface area contributed by atoms with Crippen molar-refractivity contribution in [3.05, 3.63) is 72.1 Å². The molecule has 4 aromatic rings. The first-order valence-electron chi connectivity index (χ1n) is 7.92. The van der Waals surface area contributed by atoms with Crippen LogP contribution in [-0.2, 0) is 0 Å². The zero-order valence-corrected chi connectivity index (χ0v) is 13.7. The van der Waals surface area contributed by atoms with Crippen molar-refractivity contribution >= 4 is 34.5 Å². The van der Waals surface area contributed by atoms with Gasteiger partial charge in [-0.1, -0.05) is 60.7 Å². The van der Waals surface area contributed by atoms with Gasteiger partial charge < -0.3 is 0 Å². The molecule has 25 heavy (non-hydrogen) atoms. The number of allylic oxidation sites excluding steroid dienone is 1. The van der Waals surface area contributed by atoms with Crippen LogP contribution in [0.1, 0.15) is 12.5 Å². The van der Waals surface area contributed by atoms with Crippen molar-refractivity contribution < 1.29 is 0 Å². The van der Waals surface area contributed by atoms with Crippen molar-refractivity contribution in [3.63, 3.8) is 0 Å². The van der Waals surface area contributed by atoms with Gasteiger partial charge in [0.05, 0.1) is 6.21 Å². The molecule has 122 valence electrons. The van der Waals surface area contributed by atoms with Crippen LogP contribution in [0.3, 0.4) is 0 Å². The Labute approximate surface area is 144 Å². The third-order valence-electron chi connectivity index (χ3n) is 3.79. The number of fused-ring (bicyclic) bond motifs is 3. The summed E-state index contributed by atoms with van der Waals surface area (Å²) in [4.78, 5) is 0. The monoisotopic (exact) mass is 328 g/mol. The molecule has 0 aliphatic rings. The average molecular weight is 328 g/mol. The quantitative estimate of drug-likeness (QED) is 0.457. The Morgan fingerprint density at radius 3 is 2.64 bits per heavy atom. The Bertz CT molecular complexity index is 1080. The molecule has 0 spiro atoms. The molecule has 0 saturated carbocycles. The maximum Gasteiger partial charge on any atom is 0.185 e. The molecule has 0 radical (unpaired) electrons. The zero-order valence-electron chi connectivity index (χ0n) is 13.7. The van der Waals surface area contributed by atoms with Gasteiger partial charge in [-0.2, -0.15) is 9.62 Å². The first-order valence-corrected chi connectivity index (χ1v) is 7.92. The summed E-state index contributed by atoms with van der Waals surface area (Å²) in [6, 6.07) is 18.1. The maximum absolute atomic E-state index is 4.49. The van der Waals surface area contributed by atoms with E-state index in [4.69, 9.17) is 0 Å². The minimum Gasteiger partial charge on any atom is -0.259 e. The van der Waals surface area contributed by atoms with Gasteiger partial charge in [-0.15, -0.1) is 15.3 Å². The summed E-state index contributed by atoms with van der Waals surface area (Å²) in [5.74, 6) is 0.659. The standard InChI is InChI=1S/C19H16N6/c1-14(11-15-7-3-2-4-8-15)12-20-22-18-16-9-5-6-10-17(16)19-23-21-13-25(19)24-18/h2-13H,1H3,(H,22,24)/b14-11+,20-12+. The molecular weight excluding hydrogens is 312 g/mol. The van der Waals surface area contributed by atoms with E-state index in [1.165, 1.54) is 0 Å². The van der Waals surface area contributed by atoms with Gasteiger partial charge in [0.15, 0.2) is 11.5 Å². The van der Waals surface area contributed by atoms with Gasteiger partial charge in [-0.25, -0.2) is 0 Å². The van der Waals surface area contributed by atoms with Crippen molar-refractivity contribution in [2.75, 3.05) is 5.43 Å². The molecule has 0 fully saturated rings. The summed E-state index contributed by atoms with van der Waals surface area (Å²) >= 11 is 0. The van der Waals surface area contributed by atoms with E-state index in [-0.39, 0.29) is 0 Å². The van der Waals surface area contributed by atoms with E-state index in [0.29, 0.717) is 5.82 Å². The molecule has 0 bridgehead atoms. The van der Waals surface area contributed by atoms with E-state index < -0.39 is 0 Å². The molecule has 1 N–H and O–H groups in total. The van der Waals surface area contributed by atoms with Gasteiger partial charge in [0.25, 0.3) is 0 Å². The highest BCUT2D eigenvalue weighted by Gasteiger charge is 2.08. The minimum absolute atomic E-state index is 0.659. The predicted octanol–water partition coefficient (Wildman–Crippen LogP) is 3.78. The molecule has 0 saturated heterocycles. The molecule has 2 aromatic heterocycles. The molecule has 0 aliphatic heterocycles. The van der Waals surface area contributed by atoms with Gasteiger partial charge in [0.1, 0.15) is 6.33 Å². The summed E-state index contributed by atoms with van der Waals surface area (Å²) in [6.07, 6.45) is 5.43. The minimum atomic E-state index is 0.659. The first-order chi connectivity index (χ1) is 12.3. The second-order valence-electron chi connectivity index (χ2n) is 5.66. The van der Waals surface area contributed by atoms with Crippen LogP contribution in [0, 0.1) is 0 Å². The summed E-state index contributed by atoms with van der Waals surface area (Å²) in [6.45, 7) is 2.01. The number of rotatable bonds is 4. The number of anilines is 1. The summed E-state index contributed by atoms with van der Waals surface area (Å²) in [5.41, 5.74) is 5.93. The van der Waals surface area contributed by atoms with E-state index in [1.807, 2.05) is 49.4 Å². The normalized spacial score (nSPS) is 12.3. The van der Waals surface area contributed by atoms with E-state index in [0.717, 1.165) is 27.6 Å². The largest absolute Gasteiger partial charge is 0.259 e. The van der Waals surface area contributed by atoms with Gasteiger partial charge in [0, 0.05) is 10.8 Å². The van der Waals surface area contributed by atoms with Crippen LogP contribution in [-0.4, -0.2) is 26.0 Å². The third kappa shape index (κ3) is 3.10. The fourth-order valence-corrected chi connectivity index (χ4v) is 2.65. The lowest BCUT2D eigenvalue weighted by molar-refractivity contribution is 0.934. The maximum atomic E-state index is 4.49. The molecule has 4 rings (SSSR count). The molecule has 6 nitrogen and oxygen atoms in total. The van der Waals surface area contributed by atoms with Crippen LogP contribution in [0.25, 0.3) is 22.5 Å². The average Bonchev–Trinajstić information content (AvgIpc) is 3.11. The number of aromatic nitrogens is 4. The Balaban J connectivity index is 1.63. The number of nitrogens with one attached hydrogen (secondary N) is 1. The second kappa shape index (κ2) is 6.52. The molecule has 0 aliphatic carbocycles. The predicted molar refractivity (Wildman–Crippen MR) is 100 cm³/mol. The van der Waals surface area contributed by atoms with Crippen LogP contribution in [0.4, 0.5) is 5.82 Å². The van der Waals surface area contributed by atoms with Crippen LogP contribution in [0.2, 0.25) is 0 Å². The summed E-state index contributed by atoms with van der Waals surface area (Å²) in [5, 5.41) is 18.8. The highest BCUT2D eigenvalue weighted by Crippen LogP contribution is 2.23. The van der Waals surface area contributed by atoms with Gasteiger partial charge in [-0.3, -0.25) is 5.43 Å². The van der Waals surface area contributed by atoms with Crippen molar-refractivity contribution in [3.8, 4) is 0 Å². The zero-order chi connectivity index (χ0) is 17.1. The smallest absolute Gasteiger partial charge is 0.185 e. The number of hydrazone groups is 1. The molecule has 2 aromatic carbocycles. The van der Waals surface area contributed by atoms with Crippen LogP contribution < -0.4 is 5.43 Å². The molecule has 0 amide bonds. The number of benzene rings is 2. The molecule has 6 heteroatoms. The molecule has 0 unspecified atom stereocenters. The lowest BCUT2D eigenvalue weighted by Gasteiger charge is -2.05. The van der Waals surface area contributed by atoms with E-state index in [1.54, 1.807) is 17.1 Å². The Kier molecular flexibility index (Phi) is 3.92. The molecule has 2 heterocycles. The molecule has 0 atom stereocenters. The lowest BCUT2D eigenvalue weighted by Crippen LogP contribution is -2.00. The van der Waals surface area contributed by atoms with Gasteiger partial charge in [0.2, 0.25) is 0 Å². The van der Waals surface area contributed by atoms with E-state index in [9.17, 15) is 0 Å². The van der Waals surface area contributed by atoms with Crippen LogP contribution >= 0.6 is 0 Å². The highest BCUT2D eigenvalue weighted by atomic mass is 15.4. The van der Waals surface area contributed by atoms with E-state index >= 15 is 0 Å². The topological polar surface area (TPSA) is 67.5 Å². The Morgan fingerprint density at radius 2 is 1.80 bits per heavy atom. The second-order valence-corrected chi connectivity index (χ2v) is 5.66. The fourth-order valence-electron chi connectivity index (χ4n) is 2.65. The Hall–Kier alpha value is -3.54. The Morgan fingerprint density at radius 1 is 1.04 bits per heavy atom. The number of nitrogens with zero attached hydrogens (tertiary/aromatic N) is 5. The SMILES string of the molecule is CC(/C=N/Nc1nn2cnnc2c2ccccc12)=C\c1ccccc1. The van der Waals surface area contributed by atoms with Gasteiger partial charge in [-0.05, 0) is 18.1 Å². The number of hydrogen-bond donors (Lipinski definition) is 1. The number of hydrogen-bond acceptors (Lipinski definition) is 5. The molecular formula is C19H16N6.